The third kappa shape index (κ3) is 3.69. The van der Waals surface area contributed by atoms with E-state index in [-0.39, 0.29) is 12.5 Å². The first-order valence-corrected chi connectivity index (χ1v) is 7.78. The van der Waals surface area contributed by atoms with Crippen molar-refractivity contribution in [2.24, 2.45) is 16.5 Å². The number of aliphatic imine (C=N–C) groups is 1. The molecule has 0 spiro atoms. The number of nitrogens with two attached hydrogens (primary N) is 3. The van der Waals surface area contributed by atoms with Gasteiger partial charge in [0.2, 0.25) is 0 Å². The molecule has 0 aliphatic rings. The molecule has 2 aromatic carbocycles. The van der Waals surface area contributed by atoms with Crippen molar-refractivity contribution in [2.75, 3.05) is 5.73 Å². The van der Waals surface area contributed by atoms with Gasteiger partial charge in [0.05, 0.1) is 0 Å². The molecule has 0 saturated heterocycles. The minimum atomic E-state index is -0.418. The highest BCUT2D eigenvalue weighted by Gasteiger charge is 2.14. The molecule has 0 radical (unpaired) electrons. The van der Waals surface area contributed by atoms with Crippen LogP contribution in [-0.2, 0) is 11.3 Å². The lowest BCUT2D eigenvalue weighted by molar-refractivity contribution is -0.118. The third-order valence-electron chi connectivity index (χ3n) is 3.78. The van der Waals surface area contributed by atoms with Crippen LogP contribution in [0.15, 0.2) is 71.7 Å². The summed E-state index contributed by atoms with van der Waals surface area (Å²) in [5.74, 6) is -0.664. The Kier molecular flexibility index (Phi) is 4.52. The Morgan fingerprint density at radius 3 is 2.16 bits per heavy atom. The molecule has 0 aliphatic carbocycles. The molecule has 25 heavy (non-hydrogen) atoms. The second-order valence-electron chi connectivity index (χ2n) is 5.61. The molecule has 3 aromatic rings. The SMILES string of the molecule is NC(N)=NC(=O)Cn1c(-c2ccccc2)ccc1-c1cccc(N)c1. The highest BCUT2D eigenvalue weighted by atomic mass is 16.1. The molecular weight excluding hydrogens is 314 g/mol. The van der Waals surface area contributed by atoms with E-state index in [9.17, 15) is 4.79 Å². The van der Waals surface area contributed by atoms with Gasteiger partial charge in [0.25, 0.3) is 5.91 Å². The van der Waals surface area contributed by atoms with Gasteiger partial charge in [0.1, 0.15) is 6.54 Å². The Morgan fingerprint density at radius 1 is 0.880 bits per heavy atom. The van der Waals surface area contributed by atoms with Crippen molar-refractivity contribution in [2.45, 2.75) is 6.54 Å². The van der Waals surface area contributed by atoms with E-state index in [1.165, 1.54) is 0 Å². The molecule has 1 aromatic heterocycles. The molecule has 126 valence electrons. The molecule has 3 rings (SSSR count). The third-order valence-corrected chi connectivity index (χ3v) is 3.78. The lowest BCUT2D eigenvalue weighted by Crippen LogP contribution is -2.25. The first-order chi connectivity index (χ1) is 12.0. The Hall–Kier alpha value is -3.54. The fourth-order valence-electron chi connectivity index (χ4n) is 2.76. The fraction of sp³-hybridized carbons (Fsp3) is 0.0526. The monoisotopic (exact) mass is 333 g/mol. The second-order valence-corrected chi connectivity index (χ2v) is 5.61. The van der Waals surface area contributed by atoms with Crippen LogP contribution in [0.5, 0.6) is 0 Å². The summed E-state index contributed by atoms with van der Waals surface area (Å²) < 4.78 is 1.89. The molecule has 6 heteroatoms. The molecule has 6 nitrogen and oxygen atoms in total. The van der Waals surface area contributed by atoms with E-state index in [1.54, 1.807) is 0 Å². The molecule has 0 aliphatic heterocycles. The van der Waals surface area contributed by atoms with E-state index in [4.69, 9.17) is 17.2 Å². The summed E-state index contributed by atoms with van der Waals surface area (Å²) in [6.45, 7) is 0.0270. The van der Waals surface area contributed by atoms with E-state index in [1.807, 2.05) is 71.3 Å². The maximum Gasteiger partial charge on any atom is 0.268 e. The Bertz CT molecular complexity index is 924. The predicted octanol–water partition coefficient (Wildman–Crippen LogP) is 2.20. The van der Waals surface area contributed by atoms with Gasteiger partial charge >= 0.3 is 0 Å². The van der Waals surface area contributed by atoms with Gasteiger partial charge in [-0.15, -0.1) is 0 Å². The lowest BCUT2D eigenvalue weighted by atomic mass is 10.1. The van der Waals surface area contributed by atoms with Crippen molar-refractivity contribution >= 4 is 17.6 Å². The van der Waals surface area contributed by atoms with Crippen LogP contribution in [0.1, 0.15) is 0 Å². The Labute approximate surface area is 145 Å². The molecule has 6 N–H and O–H groups in total. The Morgan fingerprint density at radius 2 is 1.52 bits per heavy atom. The number of nitrogens with zero attached hydrogens (tertiary/aromatic N) is 2. The molecule has 0 fully saturated rings. The van der Waals surface area contributed by atoms with E-state index < -0.39 is 5.91 Å². The number of guanidine groups is 1. The molecule has 0 bridgehead atoms. The van der Waals surface area contributed by atoms with E-state index in [2.05, 4.69) is 4.99 Å². The first kappa shape index (κ1) is 16.3. The highest BCUT2D eigenvalue weighted by Crippen LogP contribution is 2.30. The molecule has 0 atom stereocenters. The maximum atomic E-state index is 12.2. The topological polar surface area (TPSA) is 112 Å². The number of rotatable bonds is 4. The maximum absolute atomic E-state index is 12.2. The second kappa shape index (κ2) is 6.92. The normalized spacial score (nSPS) is 10.4. The number of aromatic nitrogens is 1. The number of hydrogen-bond donors (Lipinski definition) is 3. The minimum Gasteiger partial charge on any atom is -0.399 e. The van der Waals surface area contributed by atoms with Crippen LogP contribution in [0.3, 0.4) is 0 Å². The van der Waals surface area contributed by atoms with Crippen LogP contribution < -0.4 is 17.2 Å². The quantitative estimate of drug-likeness (QED) is 0.386. The number of nitrogen functional groups attached to an aromatic ring is 1. The molecule has 1 amide bonds. The van der Waals surface area contributed by atoms with Crippen molar-refractivity contribution in [3.8, 4) is 22.5 Å². The van der Waals surface area contributed by atoms with Gasteiger partial charge in [0.15, 0.2) is 5.96 Å². The van der Waals surface area contributed by atoms with Crippen molar-refractivity contribution in [1.29, 1.82) is 0 Å². The van der Waals surface area contributed by atoms with E-state index in [0.29, 0.717) is 5.69 Å². The number of carbonyl (C=O) groups excluding carboxylic acids is 1. The van der Waals surface area contributed by atoms with Gasteiger partial charge in [-0.2, -0.15) is 4.99 Å². The van der Waals surface area contributed by atoms with E-state index >= 15 is 0 Å². The predicted molar refractivity (Wildman–Crippen MR) is 101 cm³/mol. The average Bonchev–Trinajstić information content (AvgIpc) is 2.98. The number of carbonyl (C=O) groups is 1. The fourth-order valence-corrected chi connectivity index (χ4v) is 2.76. The van der Waals surface area contributed by atoms with Crippen LogP contribution in [0, 0.1) is 0 Å². The smallest absolute Gasteiger partial charge is 0.268 e. The van der Waals surface area contributed by atoms with Gasteiger partial charge in [0, 0.05) is 22.6 Å². The zero-order valence-electron chi connectivity index (χ0n) is 13.6. The summed E-state index contributed by atoms with van der Waals surface area (Å²) in [6, 6.07) is 21.3. The highest BCUT2D eigenvalue weighted by molar-refractivity contribution is 5.92. The van der Waals surface area contributed by atoms with Crippen molar-refractivity contribution in [3.63, 3.8) is 0 Å². The number of amides is 1. The summed E-state index contributed by atoms with van der Waals surface area (Å²) in [7, 11) is 0. The number of hydrogen-bond acceptors (Lipinski definition) is 2. The molecule has 0 saturated carbocycles. The van der Waals surface area contributed by atoms with Gasteiger partial charge < -0.3 is 21.8 Å². The molecule has 0 unspecified atom stereocenters. The largest absolute Gasteiger partial charge is 0.399 e. The van der Waals surface area contributed by atoms with Crippen LogP contribution in [0.2, 0.25) is 0 Å². The van der Waals surface area contributed by atoms with Crippen LogP contribution in [0.25, 0.3) is 22.5 Å². The summed E-state index contributed by atoms with van der Waals surface area (Å²) >= 11 is 0. The Balaban J connectivity index is 2.11. The molecular formula is C19H19N5O. The van der Waals surface area contributed by atoms with Crippen LogP contribution in [-0.4, -0.2) is 16.4 Å². The average molecular weight is 333 g/mol. The molecule has 1 heterocycles. The van der Waals surface area contributed by atoms with Crippen LogP contribution >= 0.6 is 0 Å². The van der Waals surface area contributed by atoms with Crippen LogP contribution in [0.4, 0.5) is 5.69 Å². The van der Waals surface area contributed by atoms with E-state index in [0.717, 1.165) is 22.5 Å². The number of anilines is 1. The summed E-state index contributed by atoms with van der Waals surface area (Å²) in [5, 5.41) is 0. The standard InChI is InChI=1S/C19H19N5O/c20-15-8-4-7-14(11-15)17-10-9-16(13-5-2-1-3-6-13)24(17)12-18(25)23-19(21)22/h1-11H,12,20H2,(H4,21,22,23,25). The van der Waals surface area contributed by atoms with Gasteiger partial charge in [-0.25, -0.2) is 0 Å². The zero-order chi connectivity index (χ0) is 17.8. The summed E-state index contributed by atoms with van der Waals surface area (Å²) in [6.07, 6.45) is 0. The van der Waals surface area contributed by atoms with Crippen molar-refractivity contribution in [3.05, 3.63) is 66.7 Å². The van der Waals surface area contributed by atoms with Gasteiger partial charge in [-0.1, -0.05) is 42.5 Å². The lowest BCUT2D eigenvalue weighted by Gasteiger charge is -2.13. The van der Waals surface area contributed by atoms with Gasteiger partial charge in [-0.05, 0) is 29.8 Å². The summed E-state index contributed by atoms with van der Waals surface area (Å²) in [4.78, 5) is 15.8. The minimum absolute atomic E-state index is 0.0270. The van der Waals surface area contributed by atoms with Crippen molar-refractivity contribution < 1.29 is 4.79 Å². The summed E-state index contributed by atoms with van der Waals surface area (Å²) in [5.41, 5.74) is 20.9. The first-order valence-electron chi connectivity index (χ1n) is 7.78. The van der Waals surface area contributed by atoms with Crippen molar-refractivity contribution in [1.82, 2.24) is 4.57 Å². The zero-order valence-corrected chi connectivity index (χ0v) is 13.6. The number of benzene rings is 2. The van der Waals surface area contributed by atoms with Gasteiger partial charge in [-0.3, -0.25) is 4.79 Å².